The van der Waals surface area contributed by atoms with Crippen LogP contribution in [-0.4, -0.2) is 11.8 Å². The number of hydrogen-bond donors (Lipinski definition) is 1. The van der Waals surface area contributed by atoms with Gasteiger partial charge in [-0.25, -0.2) is 0 Å². The summed E-state index contributed by atoms with van der Waals surface area (Å²) in [4.78, 5) is 27.7. The van der Waals surface area contributed by atoms with Crippen LogP contribution >= 0.6 is 0 Å². The first-order valence-electron chi connectivity index (χ1n) is 11.4. The van der Waals surface area contributed by atoms with Crippen molar-refractivity contribution in [3.63, 3.8) is 0 Å². The van der Waals surface area contributed by atoms with E-state index in [1.807, 2.05) is 116 Å². The van der Waals surface area contributed by atoms with E-state index >= 15 is 0 Å². The summed E-state index contributed by atoms with van der Waals surface area (Å²) in [6.07, 6.45) is 0.289. The highest BCUT2D eigenvalue weighted by atomic mass is 16.2. The Bertz CT molecular complexity index is 1240. The number of nitrogens with zero attached hydrogens (tertiary/aromatic N) is 1. The molecule has 0 fully saturated rings. The van der Waals surface area contributed by atoms with E-state index in [4.69, 9.17) is 0 Å². The number of nitrogens with one attached hydrogen (secondary N) is 1. The Kier molecular flexibility index (Phi) is 7.51. The topological polar surface area (TPSA) is 49.4 Å². The highest BCUT2D eigenvalue weighted by Gasteiger charge is 2.20. The molecule has 4 nitrogen and oxygen atoms in total. The van der Waals surface area contributed by atoms with Crippen molar-refractivity contribution in [3.8, 4) is 0 Å². The third kappa shape index (κ3) is 5.99. The van der Waals surface area contributed by atoms with Crippen LogP contribution in [0.3, 0.4) is 0 Å². The van der Waals surface area contributed by atoms with Crippen LogP contribution in [0.1, 0.15) is 32.6 Å². The lowest BCUT2D eigenvalue weighted by molar-refractivity contribution is -0.120. The van der Waals surface area contributed by atoms with Crippen LogP contribution < -0.4 is 10.2 Å². The first-order chi connectivity index (χ1) is 16.6. The largest absolute Gasteiger partial charge is 0.352 e. The third-order valence-electron chi connectivity index (χ3n) is 5.75. The van der Waals surface area contributed by atoms with Crippen molar-refractivity contribution in [2.75, 3.05) is 4.90 Å². The Balaban J connectivity index is 1.49. The molecule has 4 heteroatoms. The van der Waals surface area contributed by atoms with Crippen LogP contribution in [0.4, 0.5) is 5.69 Å². The average molecular weight is 449 g/mol. The molecule has 0 unspecified atom stereocenters. The van der Waals surface area contributed by atoms with Gasteiger partial charge in [-0.1, -0.05) is 91.0 Å². The number of rotatable bonds is 8. The van der Waals surface area contributed by atoms with Gasteiger partial charge in [0.25, 0.3) is 5.91 Å². The first kappa shape index (κ1) is 23.0. The maximum atomic E-state index is 13.5. The van der Waals surface area contributed by atoms with Crippen LogP contribution in [-0.2, 0) is 24.3 Å². The van der Waals surface area contributed by atoms with E-state index in [0.29, 0.717) is 18.7 Å². The lowest BCUT2D eigenvalue weighted by Gasteiger charge is -2.24. The van der Waals surface area contributed by atoms with Crippen LogP contribution in [0.25, 0.3) is 0 Å². The Hall–Kier alpha value is -4.18. The summed E-state index contributed by atoms with van der Waals surface area (Å²) in [5.74, 6) is -0.0796. The van der Waals surface area contributed by atoms with Gasteiger partial charge in [0.15, 0.2) is 0 Å². The Labute approximate surface area is 200 Å². The Morgan fingerprint density at radius 3 is 1.91 bits per heavy atom. The molecule has 0 spiro atoms. The van der Waals surface area contributed by atoms with Crippen molar-refractivity contribution in [1.82, 2.24) is 5.32 Å². The van der Waals surface area contributed by atoms with E-state index in [-0.39, 0.29) is 18.2 Å². The Morgan fingerprint density at radius 2 is 1.26 bits per heavy atom. The quantitative estimate of drug-likeness (QED) is 0.376. The van der Waals surface area contributed by atoms with Crippen LogP contribution in [0, 0.1) is 6.92 Å². The molecule has 0 aliphatic carbocycles. The number of hydrogen-bond acceptors (Lipinski definition) is 2. The minimum Gasteiger partial charge on any atom is -0.352 e. The van der Waals surface area contributed by atoms with E-state index in [1.165, 1.54) is 0 Å². The summed E-state index contributed by atoms with van der Waals surface area (Å²) in [7, 11) is 0. The summed E-state index contributed by atoms with van der Waals surface area (Å²) < 4.78 is 0. The van der Waals surface area contributed by atoms with E-state index < -0.39 is 0 Å². The van der Waals surface area contributed by atoms with Crippen molar-refractivity contribution < 1.29 is 9.59 Å². The number of benzene rings is 4. The van der Waals surface area contributed by atoms with Gasteiger partial charge < -0.3 is 10.2 Å². The molecule has 4 aromatic rings. The number of carbonyl (C=O) groups excluding carboxylic acids is 2. The molecule has 170 valence electrons. The van der Waals surface area contributed by atoms with E-state index in [2.05, 4.69) is 5.32 Å². The normalized spacial score (nSPS) is 10.5. The molecule has 0 saturated carbocycles. The van der Waals surface area contributed by atoms with Gasteiger partial charge in [0.05, 0.1) is 13.0 Å². The summed E-state index contributed by atoms with van der Waals surface area (Å²) >= 11 is 0. The fourth-order valence-corrected chi connectivity index (χ4v) is 3.84. The molecule has 4 aromatic carbocycles. The molecule has 0 aliphatic rings. The molecule has 0 radical (unpaired) electrons. The Morgan fingerprint density at radius 1 is 0.676 bits per heavy atom. The molecule has 0 atom stereocenters. The maximum Gasteiger partial charge on any atom is 0.258 e. The first-order valence-corrected chi connectivity index (χ1v) is 11.4. The van der Waals surface area contributed by atoms with Crippen molar-refractivity contribution in [2.45, 2.75) is 26.4 Å². The van der Waals surface area contributed by atoms with E-state index in [9.17, 15) is 9.59 Å². The second-order valence-electron chi connectivity index (χ2n) is 8.30. The smallest absolute Gasteiger partial charge is 0.258 e. The summed E-state index contributed by atoms with van der Waals surface area (Å²) in [5, 5.41) is 2.96. The molecule has 0 aromatic heterocycles. The molecule has 34 heavy (non-hydrogen) atoms. The number of aryl methyl sites for hydroxylation is 1. The zero-order valence-corrected chi connectivity index (χ0v) is 19.3. The van der Waals surface area contributed by atoms with Crippen molar-refractivity contribution in [2.24, 2.45) is 0 Å². The van der Waals surface area contributed by atoms with E-state index in [1.54, 1.807) is 4.90 Å². The third-order valence-corrected chi connectivity index (χ3v) is 5.75. The van der Waals surface area contributed by atoms with Gasteiger partial charge in [-0.15, -0.1) is 0 Å². The minimum absolute atomic E-state index is 0.0336. The fraction of sp³-hybridized carbons (Fsp3) is 0.133. The van der Waals surface area contributed by atoms with Gasteiger partial charge in [0.2, 0.25) is 5.91 Å². The van der Waals surface area contributed by atoms with Gasteiger partial charge in [-0.3, -0.25) is 9.59 Å². The van der Waals surface area contributed by atoms with Gasteiger partial charge >= 0.3 is 0 Å². The molecular weight excluding hydrogens is 420 g/mol. The van der Waals surface area contributed by atoms with Gasteiger partial charge in [0, 0.05) is 17.8 Å². The van der Waals surface area contributed by atoms with Gasteiger partial charge in [0.1, 0.15) is 0 Å². The van der Waals surface area contributed by atoms with Crippen molar-refractivity contribution >= 4 is 17.5 Å². The molecule has 2 amide bonds. The summed E-state index contributed by atoms with van der Waals surface area (Å²) in [6.45, 7) is 2.92. The average Bonchev–Trinajstić information content (AvgIpc) is 2.88. The monoisotopic (exact) mass is 448 g/mol. The molecule has 1 N–H and O–H groups in total. The maximum absolute atomic E-state index is 13.5. The predicted molar refractivity (Wildman–Crippen MR) is 137 cm³/mol. The zero-order chi connectivity index (χ0) is 23.8. The minimum atomic E-state index is -0.0460. The van der Waals surface area contributed by atoms with Crippen molar-refractivity contribution in [1.29, 1.82) is 0 Å². The van der Waals surface area contributed by atoms with Crippen molar-refractivity contribution in [3.05, 3.63) is 137 Å². The number of anilines is 1. The van der Waals surface area contributed by atoms with Crippen LogP contribution in [0.15, 0.2) is 109 Å². The highest BCUT2D eigenvalue weighted by molar-refractivity contribution is 6.07. The van der Waals surface area contributed by atoms with Crippen LogP contribution in [0.5, 0.6) is 0 Å². The van der Waals surface area contributed by atoms with Gasteiger partial charge in [-0.05, 0) is 47.4 Å². The second kappa shape index (κ2) is 11.1. The molecule has 0 heterocycles. The SMILES string of the molecule is Cc1ccccc1C(=O)N(Cc1ccccc1)c1ccc(CC(=O)NCc2ccccc2)cc1. The summed E-state index contributed by atoms with van der Waals surface area (Å²) in [5.41, 5.74) is 5.44. The number of carbonyl (C=O) groups is 2. The molecular formula is C30H28N2O2. The number of amides is 2. The highest BCUT2D eigenvalue weighted by Crippen LogP contribution is 2.22. The van der Waals surface area contributed by atoms with E-state index in [0.717, 1.165) is 27.9 Å². The second-order valence-corrected chi connectivity index (χ2v) is 8.30. The fourth-order valence-electron chi connectivity index (χ4n) is 3.84. The van der Waals surface area contributed by atoms with Crippen LogP contribution in [0.2, 0.25) is 0 Å². The summed E-state index contributed by atoms with van der Waals surface area (Å²) in [6, 6.07) is 35.1. The molecule has 0 aliphatic heterocycles. The molecule has 0 bridgehead atoms. The molecule has 0 saturated heterocycles. The predicted octanol–water partition coefficient (Wildman–Crippen LogP) is 5.70. The van der Waals surface area contributed by atoms with Gasteiger partial charge in [-0.2, -0.15) is 0 Å². The standard InChI is InChI=1S/C30H28N2O2/c1-23-10-8-9-15-28(23)30(34)32(22-26-13-6-3-7-14-26)27-18-16-24(17-19-27)20-29(33)31-21-25-11-4-2-5-12-25/h2-19H,20-22H2,1H3,(H,31,33). The molecule has 4 rings (SSSR count). The zero-order valence-electron chi connectivity index (χ0n) is 19.3. The lowest BCUT2D eigenvalue weighted by atomic mass is 10.1. The lowest BCUT2D eigenvalue weighted by Crippen LogP contribution is -2.31.